The van der Waals surface area contributed by atoms with Gasteiger partial charge in [-0.3, -0.25) is 4.68 Å². The lowest BCUT2D eigenvalue weighted by molar-refractivity contribution is 0.598. The summed E-state index contributed by atoms with van der Waals surface area (Å²) in [4.78, 5) is 0.231. The maximum atomic E-state index is 11.4. The minimum Gasteiger partial charge on any atom is -0.389 e. The molecule has 0 saturated heterocycles. The normalized spacial score (nSPS) is 11.4. The number of nitrogens with two attached hydrogens (primary N) is 2. The molecule has 0 unspecified atom stereocenters. The van der Waals surface area contributed by atoms with E-state index >= 15 is 0 Å². The Morgan fingerprint density at radius 1 is 1.43 bits per heavy atom. The molecule has 1 heterocycles. The molecular weight excluding hydrogens is 310 g/mol. The Balaban J connectivity index is 2.47. The van der Waals surface area contributed by atoms with Crippen molar-refractivity contribution in [2.75, 3.05) is 5.32 Å². The van der Waals surface area contributed by atoms with Gasteiger partial charge in [0.15, 0.2) is 0 Å². The summed E-state index contributed by atoms with van der Waals surface area (Å²) in [5.41, 5.74) is 7.56. The van der Waals surface area contributed by atoms with Gasteiger partial charge in [0.05, 0.1) is 16.2 Å². The van der Waals surface area contributed by atoms with E-state index in [4.69, 9.17) is 23.1 Å². The fourth-order valence-corrected chi connectivity index (χ4v) is 2.79. The number of nitrogens with zero attached hydrogens (tertiary/aromatic N) is 2. The van der Waals surface area contributed by atoms with Crippen LogP contribution in [0.1, 0.15) is 11.3 Å². The smallest absolute Gasteiger partial charge is 0.238 e. The molecule has 0 aliphatic rings. The van der Waals surface area contributed by atoms with Gasteiger partial charge in [0.1, 0.15) is 10.8 Å². The van der Waals surface area contributed by atoms with Gasteiger partial charge >= 0.3 is 0 Å². The molecule has 2 aromatic rings. The highest BCUT2D eigenvalue weighted by molar-refractivity contribution is 7.89. The van der Waals surface area contributed by atoms with E-state index in [9.17, 15) is 8.42 Å². The lowest BCUT2D eigenvalue weighted by Gasteiger charge is -2.10. The summed E-state index contributed by atoms with van der Waals surface area (Å²) >= 11 is 5.02. The van der Waals surface area contributed by atoms with E-state index in [1.165, 1.54) is 12.1 Å². The molecule has 0 radical (unpaired) electrons. The van der Waals surface area contributed by atoms with Crippen molar-refractivity contribution >= 4 is 38.7 Å². The molecule has 0 amide bonds. The molecular formula is C12H15N5O2S2. The molecule has 0 atom stereocenters. The second-order valence-corrected chi connectivity index (χ2v) is 6.50. The van der Waals surface area contributed by atoms with Crippen LogP contribution in [0.4, 0.5) is 11.5 Å². The molecule has 0 spiro atoms. The van der Waals surface area contributed by atoms with E-state index < -0.39 is 10.0 Å². The number of aryl methyl sites for hydroxylation is 2. The Labute approximate surface area is 128 Å². The monoisotopic (exact) mass is 325 g/mol. The Bertz CT molecular complexity index is 811. The summed E-state index contributed by atoms with van der Waals surface area (Å²) in [5, 5.41) is 12.4. The van der Waals surface area contributed by atoms with Crippen molar-refractivity contribution in [1.29, 1.82) is 0 Å². The quantitative estimate of drug-likeness (QED) is 0.715. The van der Waals surface area contributed by atoms with Gasteiger partial charge < -0.3 is 11.1 Å². The van der Waals surface area contributed by atoms with Crippen molar-refractivity contribution in [3.63, 3.8) is 0 Å². The second kappa shape index (κ2) is 5.43. The van der Waals surface area contributed by atoms with Crippen LogP contribution in [0.2, 0.25) is 0 Å². The van der Waals surface area contributed by atoms with Crippen molar-refractivity contribution in [1.82, 2.24) is 9.78 Å². The Morgan fingerprint density at radius 3 is 2.67 bits per heavy atom. The molecule has 5 N–H and O–H groups in total. The van der Waals surface area contributed by atoms with Crippen LogP contribution in [0.5, 0.6) is 0 Å². The van der Waals surface area contributed by atoms with Crippen LogP contribution in [0.3, 0.4) is 0 Å². The van der Waals surface area contributed by atoms with Gasteiger partial charge in [0.2, 0.25) is 10.0 Å². The number of anilines is 2. The first kappa shape index (κ1) is 15.4. The largest absolute Gasteiger partial charge is 0.389 e. The molecule has 112 valence electrons. The van der Waals surface area contributed by atoms with Crippen LogP contribution >= 0.6 is 12.2 Å². The summed E-state index contributed by atoms with van der Waals surface area (Å²) in [7, 11) is -2.03. The fraction of sp³-hybridized carbons (Fsp3) is 0.167. The van der Waals surface area contributed by atoms with Gasteiger partial charge in [0.25, 0.3) is 0 Å². The molecule has 2 rings (SSSR count). The van der Waals surface area contributed by atoms with Crippen molar-refractivity contribution in [3.8, 4) is 0 Å². The molecule has 0 bridgehead atoms. The Hall–Kier alpha value is -1.97. The van der Waals surface area contributed by atoms with E-state index in [0.717, 1.165) is 0 Å². The van der Waals surface area contributed by atoms with Crippen LogP contribution in [0, 0.1) is 6.92 Å². The van der Waals surface area contributed by atoms with Crippen LogP contribution in [-0.4, -0.2) is 23.2 Å². The number of hydrogen-bond acceptors (Lipinski definition) is 5. The SMILES string of the molecule is Cc1nn(C)c(Nc2cccc(S(N)(=O)=O)c2)c1C(N)=S. The van der Waals surface area contributed by atoms with E-state index in [1.54, 1.807) is 30.8 Å². The molecule has 21 heavy (non-hydrogen) atoms. The van der Waals surface area contributed by atoms with Crippen LogP contribution in [-0.2, 0) is 17.1 Å². The van der Waals surface area contributed by atoms with Crippen molar-refractivity contribution in [2.45, 2.75) is 11.8 Å². The summed E-state index contributed by atoms with van der Waals surface area (Å²) < 4.78 is 24.3. The molecule has 9 heteroatoms. The van der Waals surface area contributed by atoms with E-state index in [2.05, 4.69) is 10.4 Å². The predicted octanol–water partition coefficient (Wildman–Crippen LogP) is 0.754. The maximum absolute atomic E-state index is 11.4. The van der Waals surface area contributed by atoms with Gasteiger partial charge in [-0.05, 0) is 25.1 Å². The zero-order chi connectivity index (χ0) is 15.8. The number of primary sulfonamides is 1. The molecule has 0 aliphatic heterocycles. The number of benzene rings is 1. The Morgan fingerprint density at radius 2 is 2.10 bits per heavy atom. The molecule has 0 fully saturated rings. The third kappa shape index (κ3) is 3.20. The van der Waals surface area contributed by atoms with Crippen LogP contribution in [0.25, 0.3) is 0 Å². The number of hydrogen-bond donors (Lipinski definition) is 3. The number of rotatable bonds is 4. The van der Waals surface area contributed by atoms with E-state index in [-0.39, 0.29) is 9.88 Å². The first-order valence-corrected chi connectivity index (χ1v) is 7.89. The lowest BCUT2D eigenvalue weighted by atomic mass is 10.2. The summed E-state index contributed by atoms with van der Waals surface area (Å²) in [5.74, 6) is 0.589. The number of sulfonamides is 1. The number of thiocarbonyl (C=S) groups is 1. The third-order valence-corrected chi connectivity index (χ3v) is 4.01. The average Bonchev–Trinajstić information content (AvgIpc) is 2.63. The van der Waals surface area contributed by atoms with Crippen LogP contribution < -0.4 is 16.2 Å². The summed E-state index contributed by atoms with van der Waals surface area (Å²) in [6, 6.07) is 6.15. The lowest BCUT2D eigenvalue weighted by Crippen LogP contribution is -2.14. The van der Waals surface area contributed by atoms with Gasteiger partial charge in [-0.1, -0.05) is 18.3 Å². The van der Waals surface area contributed by atoms with Crippen molar-refractivity contribution < 1.29 is 8.42 Å². The zero-order valence-electron chi connectivity index (χ0n) is 11.5. The minimum atomic E-state index is -3.76. The van der Waals surface area contributed by atoms with Crippen molar-refractivity contribution in [3.05, 3.63) is 35.5 Å². The van der Waals surface area contributed by atoms with Gasteiger partial charge in [-0.25, -0.2) is 13.6 Å². The van der Waals surface area contributed by atoms with E-state index in [1.807, 2.05) is 0 Å². The van der Waals surface area contributed by atoms with Crippen molar-refractivity contribution in [2.24, 2.45) is 17.9 Å². The highest BCUT2D eigenvalue weighted by Gasteiger charge is 2.16. The molecule has 0 saturated carbocycles. The van der Waals surface area contributed by atoms with Gasteiger partial charge in [-0.2, -0.15) is 5.10 Å². The highest BCUT2D eigenvalue weighted by atomic mass is 32.2. The van der Waals surface area contributed by atoms with Gasteiger partial charge in [-0.15, -0.1) is 0 Å². The molecule has 1 aromatic heterocycles. The minimum absolute atomic E-state index is 0.0169. The standard InChI is InChI=1S/C12H15N5O2S2/c1-7-10(11(13)20)12(17(2)16-7)15-8-4-3-5-9(6-8)21(14,18)19/h3-6,15H,1-2H3,(H2,13,20)(H2,14,18,19). The first-order valence-electron chi connectivity index (χ1n) is 5.93. The third-order valence-electron chi connectivity index (χ3n) is 2.89. The molecule has 1 aromatic carbocycles. The number of nitrogens with one attached hydrogen (secondary N) is 1. The fourth-order valence-electron chi connectivity index (χ4n) is 1.98. The number of aromatic nitrogens is 2. The van der Waals surface area contributed by atoms with Crippen LogP contribution in [0.15, 0.2) is 29.2 Å². The highest BCUT2D eigenvalue weighted by Crippen LogP contribution is 2.24. The maximum Gasteiger partial charge on any atom is 0.238 e. The first-order chi connectivity index (χ1) is 9.70. The Kier molecular flexibility index (Phi) is 3.99. The summed E-state index contributed by atoms with van der Waals surface area (Å²) in [6.45, 7) is 1.79. The topological polar surface area (TPSA) is 116 Å². The second-order valence-electron chi connectivity index (χ2n) is 4.49. The average molecular weight is 325 g/mol. The molecule has 0 aliphatic carbocycles. The zero-order valence-corrected chi connectivity index (χ0v) is 13.1. The van der Waals surface area contributed by atoms with Gasteiger partial charge in [0, 0.05) is 12.7 Å². The predicted molar refractivity (Wildman–Crippen MR) is 84.9 cm³/mol. The molecule has 7 nitrogen and oxygen atoms in total. The summed E-state index contributed by atoms with van der Waals surface area (Å²) in [6.07, 6.45) is 0. The van der Waals surface area contributed by atoms with E-state index in [0.29, 0.717) is 22.8 Å².